The van der Waals surface area contributed by atoms with Gasteiger partial charge in [0.2, 0.25) is 0 Å². The summed E-state index contributed by atoms with van der Waals surface area (Å²) in [6.07, 6.45) is 2.22. The van der Waals surface area contributed by atoms with Gasteiger partial charge in [0.15, 0.2) is 0 Å². The fourth-order valence-electron chi connectivity index (χ4n) is 2.53. The van der Waals surface area contributed by atoms with Crippen molar-refractivity contribution in [1.29, 1.82) is 0 Å². The van der Waals surface area contributed by atoms with E-state index in [0.29, 0.717) is 17.0 Å². The molecule has 0 amide bonds. The van der Waals surface area contributed by atoms with Crippen LogP contribution in [0.1, 0.15) is 46.1 Å². The SMILES string of the molecule is CCC(CC)N(CC(C)C)c1ccc(Cl)cc1CO. The third kappa shape index (κ3) is 4.39. The predicted molar refractivity (Wildman–Crippen MR) is 83.9 cm³/mol. The molecule has 1 aromatic rings. The summed E-state index contributed by atoms with van der Waals surface area (Å²) >= 11 is 6.02. The van der Waals surface area contributed by atoms with E-state index in [1.165, 1.54) is 0 Å². The van der Waals surface area contributed by atoms with Crippen molar-refractivity contribution in [3.05, 3.63) is 28.8 Å². The quantitative estimate of drug-likeness (QED) is 0.797. The number of anilines is 1. The monoisotopic (exact) mass is 283 g/mol. The topological polar surface area (TPSA) is 23.5 Å². The first-order valence-corrected chi connectivity index (χ1v) is 7.57. The van der Waals surface area contributed by atoms with Crippen molar-refractivity contribution in [3.63, 3.8) is 0 Å². The molecule has 0 radical (unpaired) electrons. The number of benzene rings is 1. The minimum Gasteiger partial charge on any atom is -0.392 e. The van der Waals surface area contributed by atoms with E-state index in [9.17, 15) is 5.11 Å². The molecule has 0 aliphatic rings. The first-order valence-electron chi connectivity index (χ1n) is 7.19. The van der Waals surface area contributed by atoms with Crippen molar-refractivity contribution in [3.8, 4) is 0 Å². The molecule has 108 valence electrons. The van der Waals surface area contributed by atoms with Crippen LogP contribution in [0.2, 0.25) is 5.02 Å². The molecular formula is C16H26ClNO. The van der Waals surface area contributed by atoms with Crippen molar-refractivity contribution in [2.24, 2.45) is 5.92 Å². The fourth-order valence-corrected chi connectivity index (χ4v) is 2.72. The van der Waals surface area contributed by atoms with Gasteiger partial charge < -0.3 is 10.0 Å². The zero-order chi connectivity index (χ0) is 14.4. The van der Waals surface area contributed by atoms with Crippen LogP contribution in [0.3, 0.4) is 0 Å². The van der Waals surface area contributed by atoms with E-state index in [1.807, 2.05) is 18.2 Å². The Balaban J connectivity index is 3.15. The van der Waals surface area contributed by atoms with Gasteiger partial charge in [0, 0.05) is 28.9 Å². The Morgan fingerprint density at radius 1 is 1.21 bits per heavy atom. The summed E-state index contributed by atoms with van der Waals surface area (Å²) < 4.78 is 0. The summed E-state index contributed by atoms with van der Waals surface area (Å²) in [4.78, 5) is 2.42. The molecular weight excluding hydrogens is 258 g/mol. The molecule has 0 spiro atoms. The largest absolute Gasteiger partial charge is 0.392 e. The maximum atomic E-state index is 9.57. The van der Waals surface area contributed by atoms with Crippen LogP contribution in [0.5, 0.6) is 0 Å². The highest BCUT2D eigenvalue weighted by molar-refractivity contribution is 6.30. The Labute approximate surface area is 122 Å². The Kier molecular flexibility index (Phi) is 6.67. The second-order valence-electron chi connectivity index (χ2n) is 5.45. The molecule has 0 aliphatic carbocycles. The summed E-state index contributed by atoms with van der Waals surface area (Å²) in [6.45, 7) is 9.92. The smallest absolute Gasteiger partial charge is 0.0702 e. The number of rotatable bonds is 7. The Hall–Kier alpha value is -0.730. The highest BCUT2D eigenvalue weighted by atomic mass is 35.5. The first-order chi connectivity index (χ1) is 9.03. The second-order valence-corrected chi connectivity index (χ2v) is 5.88. The van der Waals surface area contributed by atoms with Crippen molar-refractivity contribution in [1.82, 2.24) is 0 Å². The number of aliphatic hydroxyl groups is 1. The standard InChI is InChI=1S/C16H26ClNO/c1-5-15(6-2)18(10-12(3)4)16-8-7-14(17)9-13(16)11-19/h7-9,12,15,19H,5-6,10-11H2,1-4H3. The van der Waals surface area contributed by atoms with Gasteiger partial charge in [-0.15, -0.1) is 0 Å². The molecule has 19 heavy (non-hydrogen) atoms. The molecule has 0 unspecified atom stereocenters. The molecule has 3 heteroatoms. The van der Waals surface area contributed by atoms with Gasteiger partial charge in [-0.2, -0.15) is 0 Å². The van der Waals surface area contributed by atoms with Crippen LogP contribution in [0.25, 0.3) is 0 Å². The molecule has 0 saturated carbocycles. The predicted octanol–water partition coefficient (Wildman–Crippen LogP) is 4.48. The minimum absolute atomic E-state index is 0.0324. The lowest BCUT2D eigenvalue weighted by atomic mass is 10.0. The van der Waals surface area contributed by atoms with Crippen molar-refractivity contribution < 1.29 is 5.11 Å². The van der Waals surface area contributed by atoms with Crippen LogP contribution in [0.15, 0.2) is 18.2 Å². The Morgan fingerprint density at radius 2 is 1.84 bits per heavy atom. The Bertz CT molecular complexity index is 388. The maximum absolute atomic E-state index is 9.57. The van der Waals surface area contributed by atoms with Crippen LogP contribution >= 0.6 is 11.6 Å². The molecule has 0 fully saturated rings. The molecule has 1 rings (SSSR count). The summed E-state index contributed by atoms with van der Waals surface area (Å²) in [5.41, 5.74) is 2.04. The molecule has 0 atom stereocenters. The van der Waals surface area contributed by atoms with Gasteiger partial charge in [-0.1, -0.05) is 39.3 Å². The molecule has 1 aromatic carbocycles. The van der Waals surface area contributed by atoms with Gasteiger partial charge in [-0.05, 0) is 37.0 Å². The van der Waals surface area contributed by atoms with Crippen molar-refractivity contribution in [2.75, 3.05) is 11.4 Å². The Morgan fingerprint density at radius 3 is 2.32 bits per heavy atom. The zero-order valence-corrected chi connectivity index (χ0v) is 13.2. The number of aliphatic hydroxyl groups excluding tert-OH is 1. The van der Waals surface area contributed by atoms with Crippen LogP contribution in [0, 0.1) is 5.92 Å². The minimum atomic E-state index is 0.0324. The molecule has 0 bridgehead atoms. The molecule has 0 aromatic heterocycles. The molecule has 0 heterocycles. The van der Waals surface area contributed by atoms with Gasteiger partial charge >= 0.3 is 0 Å². The molecule has 2 nitrogen and oxygen atoms in total. The number of nitrogens with zero attached hydrogens (tertiary/aromatic N) is 1. The van der Waals surface area contributed by atoms with Gasteiger partial charge in [0.1, 0.15) is 0 Å². The van der Waals surface area contributed by atoms with Crippen LogP contribution in [-0.2, 0) is 6.61 Å². The van der Waals surface area contributed by atoms with Crippen molar-refractivity contribution in [2.45, 2.75) is 53.2 Å². The number of hydrogen-bond donors (Lipinski definition) is 1. The fraction of sp³-hybridized carbons (Fsp3) is 0.625. The summed E-state index contributed by atoms with van der Waals surface area (Å²) in [6, 6.07) is 6.32. The van der Waals surface area contributed by atoms with Crippen LogP contribution in [-0.4, -0.2) is 17.7 Å². The van der Waals surface area contributed by atoms with Crippen LogP contribution < -0.4 is 4.90 Å². The van der Waals surface area contributed by atoms with E-state index in [1.54, 1.807) is 0 Å². The van der Waals surface area contributed by atoms with E-state index in [-0.39, 0.29) is 6.61 Å². The first kappa shape index (κ1) is 16.3. The summed E-state index contributed by atoms with van der Waals surface area (Å²) in [7, 11) is 0. The average Bonchev–Trinajstić information content (AvgIpc) is 2.38. The third-order valence-corrected chi connectivity index (χ3v) is 3.70. The van der Waals surface area contributed by atoms with E-state index in [2.05, 4.69) is 32.6 Å². The molecule has 0 aliphatic heterocycles. The summed E-state index contributed by atoms with van der Waals surface area (Å²) in [5.74, 6) is 0.586. The van der Waals surface area contributed by atoms with Gasteiger partial charge in [-0.3, -0.25) is 0 Å². The normalized spacial score (nSPS) is 11.4. The average molecular weight is 284 g/mol. The number of halogens is 1. The van der Waals surface area contributed by atoms with Gasteiger partial charge in [-0.25, -0.2) is 0 Å². The zero-order valence-electron chi connectivity index (χ0n) is 12.5. The van der Waals surface area contributed by atoms with E-state index in [4.69, 9.17) is 11.6 Å². The van der Waals surface area contributed by atoms with Gasteiger partial charge in [0.05, 0.1) is 6.61 Å². The van der Waals surface area contributed by atoms with Gasteiger partial charge in [0.25, 0.3) is 0 Å². The van der Waals surface area contributed by atoms with E-state index in [0.717, 1.165) is 30.6 Å². The van der Waals surface area contributed by atoms with Crippen LogP contribution in [0.4, 0.5) is 5.69 Å². The third-order valence-electron chi connectivity index (χ3n) is 3.47. The lowest BCUT2D eigenvalue weighted by Gasteiger charge is -2.35. The maximum Gasteiger partial charge on any atom is 0.0702 e. The molecule has 0 saturated heterocycles. The molecule has 1 N–H and O–H groups in total. The van der Waals surface area contributed by atoms with Crippen molar-refractivity contribution >= 4 is 17.3 Å². The van der Waals surface area contributed by atoms with E-state index < -0.39 is 0 Å². The highest BCUT2D eigenvalue weighted by Crippen LogP contribution is 2.28. The number of hydrogen-bond acceptors (Lipinski definition) is 2. The lowest BCUT2D eigenvalue weighted by Crippen LogP contribution is -2.38. The lowest BCUT2D eigenvalue weighted by molar-refractivity contribution is 0.281. The second kappa shape index (κ2) is 7.76. The highest BCUT2D eigenvalue weighted by Gasteiger charge is 2.19. The van der Waals surface area contributed by atoms with E-state index >= 15 is 0 Å². The summed E-state index contributed by atoms with van der Waals surface area (Å²) in [5, 5.41) is 10.3.